The first kappa shape index (κ1) is 18.9. The number of benzene rings is 1. The summed E-state index contributed by atoms with van der Waals surface area (Å²) in [6, 6.07) is 17.2. The van der Waals surface area contributed by atoms with Crippen molar-refractivity contribution in [1.82, 2.24) is 9.97 Å². The zero-order chi connectivity index (χ0) is 19.1. The van der Waals surface area contributed by atoms with E-state index in [9.17, 15) is 4.79 Å². The summed E-state index contributed by atoms with van der Waals surface area (Å²) in [5, 5.41) is 3.59. The molecule has 1 aromatic carbocycles. The van der Waals surface area contributed by atoms with Crippen LogP contribution in [0.1, 0.15) is 24.2 Å². The van der Waals surface area contributed by atoms with Crippen molar-refractivity contribution in [3.05, 3.63) is 72.6 Å². The third-order valence-corrected chi connectivity index (χ3v) is 5.09. The molecular weight excluding hydrogens is 356 g/mol. The first-order valence-electron chi connectivity index (χ1n) is 8.91. The van der Waals surface area contributed by atoms with Crippen molar-refractivity contribution >= 4 is 29.2 Å². The molecule has 0 fully saturated rings. The molecule has 1 amide bonds. The van der Waals surface area contributed by atoms with E-state index in [2.05, 4.69) is 34.0 Å². The Kier molecular flexibility index (Phi) is 6.44. The molecule has 0 saturated carbocycles. The summed E-state index contributed by atoms with van der Waals surface area (Å²) >= 11 is 1.47. The summed E-state index contributed by atoms with van der Waals surface area (Å²) in [5.41, 5.74) is 1.20. The van der Waals surface area contributed by atoms with Crippen molar-refractivity contribution in [2.24, 2.45) is 0 Å². The minimum atomic E-state index is -0.195. The second-order valence-electron chi connectivity index (χ2n) is 5.80. The van der Waals surface area contributed by atoms with Gasteiger partial charge in [0, 0.05) is 24.2 Å². The minimum Gasteiger partial charge on any atom is -0.357 e. The highest BCUT2D eigenvalue weighted by Crippen LogP contribution is 2.28. The Morgan fingerprint density at radius 3 is 2.44 bits per heavy atom. The molecule has 0 radical (unpaired) electrons. The molecule has 0 bridgehead atoms. The molecule has 27 heavy (non-hydrogen) atoms. The van der Waals surface area contributed by atoms with E-state index in [1.165, 1.54) is 11.8 Å². The molecule has 138 valence electrons. The van der Waals surface area contributed by atoms with E-state index >= 15 is 0 Å². The van der Waals surface area contributed by atoms with Gasteiger partial charge in [-0.15, -0.1) is 0 Å². The number of hydrogen-bond acceptors (Lipinski definition) is 5. The summed E-state index contributed by atoms with van der Waals surface area (Å²) in [4.78, 5) is 24.8. The van der Waals surface area contributed by atoms with E-state index in [4.69, 9.17) is 0 Å². The fourth-order valence-electron chi connectivity index (χ4n) is 2.64. The van der Waals surface area contributed by atoms with Gasteiger partial charge in [-0.1, -0.05) is 30.0 Å². The lowest BCUT2D eigenvalue weighted by Gasteiger charge is -2.19. The largest absolute Gasteiger partial charge is 0.357 e. The molecule has 0 aliphatic carbocycles. The average Bonchev–Trinajstić information content (AvgIpc) is 2.71. The van der Waals surface area contributed by atoms with Crippen molar-refractivity contribution in [3.63, 3.8) is 0 Å². The fourth-order valence-corrected chi connectivity index (χ4v) is 3.54. The lowest BCUT2D eigenvalue weighted by molar-refractivity contribution is 0.102. The van der Waals surface area contributed by atoms with Crippen LogP contribution in [0.2, 0.25) is 0 Å². The maximum Gasteiger partial charge on any atom is 0.258 e. The number of nitrogens with zero attached hydrogens (tertiary/aromatic N) is 3. The Labute approximate surface area is 163 Å². The van der Waals surface area contributed by atoms with Gasteiger partial charge in [0.15, 0.2) is 0 Å². The average molecular weight is 379 g/mol. The van der Waals surface area contributed by atoms with E-state index in [1.807, 2.05) is 42.5 Å². The Morgan fingerprint density at radius 1 is 1.00 bits per heavy atom. The van der Waals surface area contributed by atoms with Crippen LogP contribution in [-0.4, -0.2) is 29.0 Å². The number of amides is 1. The van der Waals surface area contributed by atoms with Gasteiger partial charge in [0.2, 0.25) is 0 Å². The molecule has 0 aliphatic rings. The number of pyridine rings is 2. The summed E-state index contributed by atoms with van der Waals surface area (Å²) in [6.45, 7) is 5.97. The molecule has 6 heteroatoms. The van der Waals surface area contributed by atoms with Crippen LogP contribution in [0, 0.1) is 0 Å². The van der Waals surface area contributed by atoms with Crippen LogP contribution < -0.4 is 10.2 Å². The third kappa shape index (κ3) is 4.86. The van der Waals surface area contributed by atoms with Crippen molar-refractivity contribution in [2.45, 2.75) is 23.8 Å². The molecule has 3 aromatic rings. The number of carbonyl (C=O) groups excluding carboxylic acids is 1. The molecule has 0 aliphatic heterocycles. The predicted molar refractivity (Wildman–Crippen MR) is 111 cm³/mol. The monoisotopic (exact) mass is 378 g/mol. The van der Waals surface area contributed by atoms with Crippen molar-refractivity contribution in [1.29, 1.82) is 0 Å². The van der Waals surface area contributed by atoms with Gasteiger partial charge < -0.3 is 10.2 Å². The standard InChI is InChI=1S/C21H22N4OS/c1-3-25(4-2)19-13-12-16(15-23-19)24-20(26)18-11-8-14-22-21(18)27-17-9-6-5-7-10-17/h5-15H,3-4H2,1-2H3,(H,24,26). The summed E-state index contributed by atoms with van der Waals surface area (Å²) in [6.07, 6.45) is 3.38. The Morgan fingerprint density at radius 2 is 1.78 bits per heavy atom. The topological polar surface area (TPSA) is 58.1 Å². The zero-order valence-electron chi connectivity index (χ0n) is 15.4. The molecular formula is C21H22N4OS. The maximum atomic E-state index is 12.8. The molecule has 5 nitrogen and oxygen atoms in total. The molecule has 0 spiro atoms. The van der Waals surface area contributed by atoms with Crippen LogP contribution in [0.3, 0.4) is 0 Å². The van der Waals surface area contributed by atoms with E-state index in [-0.39, 0.29) is 5.91 Å². The van der Waals surface area contributed by atoms with Crippen LogP contribution in [0.5, 0.6) is 0 Å². The number of rotatable bonds is 7. The van der Waals surface area contributed by atoms with Crippen LogP contribution in [-0.2, 0) is 0 Å². The first-order chi connectivity index (χ1) is 13.2. The summed E-state index contributed by atoms with van der Waals surface area (Å²) < 4.78 is 0. The molecule has 0 saturated heterocycles. The molecule has 0 unspecified atom stereocenters. The molecule has 1 N–H and O–H groups in total. The van der Waals surface area contributed by atoms with Crippen LogP contribution >= 0.6 is 11.8 Å². The Balaban J connectivity index is 1.75. The molecule has 3 rings (SSSR count). The van der Waals surface area contributed by atoms with Gasteiger partial charge in [0.25, 0.3) is 5.91 Å². The maximum absolute atomic E-state index is 12.8. The summed E-state index contributed by atoms with van der Waals surface area (Å²) in [7, 11) is 0. The SMILES string of the molecule is CCN(CC)c1ccc(NC(=O)c2cccnc2Sc2ccccc2)cn1. The highest BCUT2D eigenvalue weighted by molar-refractivity contribution is 7.99. The number of carbonyl (C=O) groups is 1. The Bertz CT molecular complexity index is 880. The third-order valence-electron chi connectivity index (χ3n) is 4.07. The van der Waals surface area contributed by atoms with E-state index < -0.39 is 0 Å². The number of aromatic nitrogens is 2. The lowest BCUT2D eigenvalue weighted by Crippen LogP contribution is -2.23. The van der Waals surface area contributed by atoms with Gasteiger partial charge in [-0.3, -0.25) is 4.79 Å². The van der Waals surface area contributed by atoms with Gasteiger partial charge in [-0.2, -0.15) is 0 Å². The second kappa shape index (κ2) is 9.19. The normalized spacial score (nSPS) is 10.4. The fraction of sp³-hybridized carbons (Fsp3) is 0.190. The number of anilines is 2. The lowest BCUT2D eigenvalue weighted by atomic mass is 10.2. The highest BCUT2D eigenvalue weighted by atomic mass is 32.2. The van der Waals surface area contributed by atoms with Crippen molar-refractivity contribution in [2.75, 3.05) is 23.3 Å². The molecule has 0 atom stereocenters. The quantitative estimate of drug-likeness (QED) is 0.644. The number of hydrogen-bond donors (Lipinski definition) is 1. The minimum absolute atomic E-state index is 0.195. The molecule has 2 aromatic heterocycles. The van der Waals surface area contributed by atoms with Gasteiger partial charge in [-0.05, 0) is 50.2 Å². The van der Waals surface area contributed by atoms with Crippen molar-refractivity contribution < 1.29 is 4.79 Å². The van der Waals surface area contributed by atoms with Gasteiger partial charge in [0.1, 0.15) is 10.8 Å². The van der Waals surface area contributed by atoms with Gasteiger partial charge in [0.05, 0.1) is 17.4 Å². The second-order valence-corrected chi connectivity index (χ2v) is 6.86. The van der Waals surface area contributed by atoms with E-state index in [1.54, 1.807) is 24.5 Å². The molecule has 2 heterocycles. The van der Waals surface area contributed by atoms with Crippen LogP contribution in [0.4, 0.5) is 11.5 Å². The summed E-state index contributed by atoms with van der Waals surface area (Å²) in [5.74, 6) is 0.707. The zero-order valence-corrected chi connectivity index (χ0v) is 16.2. The number of nitrogens with one attached hydrogen (secondary N) is 1. The Hall–Kier alpha value is -2.86. The predicted octanol–water partition coefficient (Wildman–Crippen LogP) is 4.73. The first-order valence-corrected chi connectivity index (χ1v) is 9.73. The van der Waals surface area contributed by atoms with E-state index in [0.717, 1.165) is 23.8 Å². The van der Waals surface area contributed by atoms with Crippen LogP contribution in [0.25, 0.3) is 0 Å². The van der Waals surface area contributed by atoms with Crippen molar-refractivity contribution in [3.8, 4) is 0 Å². The van der Waals surface area contributed by atoms with Gasteiger partial charge in [-0.25, -0.2) is 9.97 Å². The van der Waals surface area contributed by atoms with E-state index in [0.29, 0.717) is 16.3 Å². The van der Waals surface area contributed by atoms with Crippen LogP contribution in [0.15, 0.2) is 76.9 Å². The highest BCUT2D eigenvalue weighted by Gasteiger charge is 2.14. The van der Waals surface area contributed by atoms with Gasteiger partial charge >= 0.3 is 0 Å². The smallest absolute Gasteiger partial charge is 0.258 e.